The number of para-hydroxylation sites is 1. The number of methoxy groups -OCH3 is 1. The minimum Gasteiger partial charge on any atom is -0.497 e. The molecule has 1 amide bonds. The van der Waals surface area contributed by atoms with Gasteiger partial charge in [0.2, 0.25) is 17.7 Å². The lowest BCUT2D eigenvalue weighted by Gasteiger charge is -2.07. The highest BCUT2D eigenvalue weighted by atomic mass is 35.5. The Kier molecular flexibility index (Phi) is 5.60. The molecule has 4 rings (SSSR count). The summed E-state index contributed by atoms with van der Waals surface area (Å²) in [6.45, 7) is -0.174. The van der Waals surface area contributed by atoms with E-state index in [4.69, 9.17) is 16.3 Å². The first-order chi connectivity index (χ1) is 15.0. The maximum atomic E-state index is 12.7. The van der Waals surface area contributed by atoms with Crippen LogP contribution in [0.4, 0.5) is 5.69 Å². The summed E-state index contributed by atoms with van der Waals surface area (Å²) in [5.41, 5.74) is 1.60. The van der Waals surface area contributed by atoms with E-state index in [0.29, 0.717) is 33.0 Å². The number of hydrogen-bond donors (Lipinski definition) is 3. The molecule has 4 aromatic rings. The van der Waals surface area contributed by atoms with E-state index in [2.05, 4.69) is 5.32 Å². The van der Waals surface area contributed by atoms with Gasteiger partial charge in [-0.25, -0.2) is 0 Å². The topological polar surface area (TPSA) is 86.5 Å². The highest BCUT2D eigenvalue weighted by Crippen LogP contribution is 2.23. The smallest absolute Gasteiger partial charge is 0.497 e. The van der Waals surface area contributed by atoms with E-state index in [9.17, 15) is 15.0 Å². The van der Waals surface area contributed by atoms with Crippen molar-refractivity contribution in [1.29, 1.82) is 0 Å². The minimum absolute atomic E-state index is 0.151. The van der Waals surface area contributed by atoms with Crippen LogP contribution < -0.4 is 19.2 Å². The fraction of sp³-hybridized carbons (Fsp3) is 0.0870. The van der Waals surface area contributed by atoms with E-state index in [-0.39, 0.29) is 24.3 Å². The molecule has 1 aromatic heterocycles. The zero-order valence-electron chi connectivity index (χ0n) is 16.6. The van der Waals surface area contributed by atoms with Gasteiger partial charge in [0.05, 0.1) is 7.11 Å². The molecule has 3 aromatic carbocycles. The van der Waals surface area contributed by atoms with Gasteiger partial charge in [0.15, 0.2) is 5.39 Å². The molecule has 0 radical (unpaired) electrons. The van der Waals surface area contributed by atoms with Crippen molar-refractivity contribution in [2.24, 2.45) is 0 Å². The molecule has 0 unspecified atom stereocenters. The van der Waals surface area contributed by atoms with Crippen LogP contribution in [0, 0.1) is 0 Å². The van der Waals surface area contributed by atoms with Crippen molar-refractivity contribution < 1.29 is 28.9 Å². The van der Waals surface area contributed by atoms with Gasteiger partial charge in [-0.05, 0) is 47.0 Å². The molecule has 0 bridgehead atoms. The lowest BCUT2D eigenvalue weighted by atomic mass is 10.2. The van der Waals surface area contributed by atoms with Crippen molar-refractivity contribution in [2.45, 2.75) is 6.54 Å². The number of halogens is 1. The first-order valence-electron chi connectivity index (χ1n) is 9.46. The third-order valence-corrected chi connectivity index (χ3v) is 5.10. The normalized spacial score (nSPS) is 10.8. The Balaban J connectivity index is 1.75. The zero-order chi connectivity index (χ0) is 22.0. The summed E-state index contributed by atoms with van der Waals surface area (Å²) in [6, 6.07) is 20.2. The lowest BCUT2D eigenvalue weighted by Crippen LogP contribution is -2.49. The number of anilines is 1. The average molecular weight is 438 g/mol. The second kappa shape index (κ2) is 8.49. The molecule has 31 heavy (non-hydrogen) atoms. The van der Waals surface area contributed by atoms with Crippen LogP contribution in [-0.2, 0) is 11.3 Å². The maximum Gasteiger partial charge on any atom is 0.638 e. The molecular weight excluding hydrogens is 418 g/mol. The Labute approximate surface area is 183 Å². The highest BCUT2D eigenvalue weighted by molar-refractivity contribution is 6.30. The fourth-order valence-corrected chi connectivity index (χ4v) is 3.47. The number of aromatic nitrogens is 2. The summed E-state index contributed by atoms with van der Waals surface area (Å²) in [4.78, 5) is 12.7. The Morgan fingerprint density at radius 1 is 1.00 bits per heavy atom. The van der Waals surface area contributed by atoms with Crippen LogP contribution >= 0.6 is 11.6 Å². The molecule has 0 saturated heterocycles. The molecule has 1 heterocycles. The van der Waals surface area contributed by atoms with E-state index in [1.807, 2.05) is 0 Å². The van der Waals surface area contributed by atoms with Gasteiger partial charge in [0.1, 0.15) is 5.75 Å². The van der Waals surface area contributed by atoms with Crippen molar-refractivity contribution in [3.63, 3.8) is 0 Å². The lowest BCUT2D eigenvalue weighted by molar-refractivity contribution is -0.774. The second-order valence-electron chi connectivity index (χ2n) is 6.82. The Bertz CT molecular complexity index is 1260. The van der Waals surface area contributed by atoms with E-state index < -0.39 is 0 Å². The molecule has 0 saturated carbocycles. The van der Waals surface area contributed by atoms with E-state index in [1.54, 1.807) is 79.9 Å². The largest absolute Gasteiger partial charge is 0.638 e. The number of rotatable bonds is 5. The second-order valence-corrected chi connectivity index (χ2v) is 7.25. The van der Waals surface area contributed by atoms with Crippen LogP contribution in [0.2, 0.25) is 5.02 Å². The number of nitrogens with one attached hydrogen (secondary N) is 1. The number of carbonyl (C=O) groups is 1. The summed E-state index contributed by atoms with van der Waals surface area (Å²) in [5.74, 6) is 0.185. The van der Waals surface area contributed by atoms with Crippen LogP contribution in [0.25, 0.3) is 16.6 Å². The number of amides is 1. The van der Waals surface area contributed by atoms with Gasteiger partial charge in [-0.1, -0.05) is 28.3 Å². The minimum atomic E-state index is -0.344. The number of carbonyl (C=O) groups excluding carboxylic acids is 1. The third-order valence-electron chi connectivity index (χ3n) is 4.85. The van der Waals surface area contributed by atoms with Crippen molar-refractivity contribution in [3.8, 4) is 23.3 Å². The predicted octanol–water partition coefficient (Wildman–Crippen LogP) is 3.12. The van der Waals surface area contributed by atoms with Crippen LogP contribution in [0.3, 0.4) is 0 Å². The standard InChI is InChI=1S/C23H18ClN3O4/c1-31-18-12-8-16(9-13-18)25-21(28)14-26-20-5-3-2-4-19(20)22(29)27(23(26)30)17-10-6-15(24)7-11-17/h2-13H,14H2,1H3,(H,25,28)/p+2. The number of hydrogen-bond acceptors (Lipinski definition) is 4. The summed E-state index contributed by atoms with van der Waals surface area (Å²) in [6.07, 6.45) is 0. The van der Waals surface area contributed by atoms with Gasteiger partial charge < -0.3 is 20.3 Å². The van der Waals surface area contributed by atoms with Gasteiger partial charge in [-0.3, -0.25) is 4.79 Å². The molecule has 0 spiro atoms. The molecule has 3 N–H and O–H groups in total. The monoisotopic (exact) mass is 437 g/mol. The van der Waals surface area contributed by atoms with E-state index in [0.717, 1.165) is 0 Å². The third kappa shape index (κ3) is 4.08. The van der Waals surface area contributed by atoms with Gasteiger partial charge in [-0.2, -0.15) is 0 Å². The molecular formula is C23H20ClN3O4+2. The predicted molar refractivity (Wildman–Crippen MR) is 116 cm³/mol. The van der Waals surface area contributed by atoms with Crippen molar-refractivity contribution in [1.82, 2.24) is 0 Å². The number of nitrogens with zero attached hydrogens (tertiary/aromatic N) is 2. The van der Waals surface area contributed by atoms with E-state index >= 15 is 0 Å². The van der Waals surface area contributed by atoms with Crippen LogP contribution in [-0.4, -0.2) is 23.2 Å². The molecule has 0 atom stereocenters. The molecule has 0 aliphatic rings. The number of fused-ring (bicyclic) bond motifs is 1. The van der Waals surface area contributed by atoms with Gasteiger partial charge in [0, 0.05) is 28.9 Å². The number of benzene rings is 3. The van der Waals surface area contributed by atoms with Crippen molar-refractivity contribution >= 4 is 34.1 Å². The van der Waals surface area contributed by atoms with Crippen LogP contribution in [0.5, 0.6) is 17.6 Å². The molecule has 7 nitrogen and oxygen atoms in total. The van der Waals surface area contributed by atoms with Crippen molar-refractivity contribution in [3.05, 3.63) is 77.8 Å². The molecule has 0 aliphatic carbocycles. The zero-order valence-corrected chi connectivity index (χ0v) is 17.4. The Morgan fingerprint density at radius 2 is 1.68 bits per heavy atom. The summed E-state index contributed by atoms with van der Waals surface area (Å²) >= 11 is 5.97. The van der Waals surface area contributed by atoms with E-state index in [1.165, 1.54) is 9.13 Å². The first kappa shape index (κ1) is 20.4. The van der Waals surface area contributed by atoms with Gasteiger partial charge >= 0.3 is 11.9 Å². The first-order valence-corrected chi connectivity index (χ1v) is 9.84. The van der Waals surface area contributed by atoms with Crippen molar-refractivity contribution in [2.75, 3.05) is 12.4 Å². The average Bonchev–Trinajstić information content (AvgIpc) is 2.78. The molecule has 8 heteroatoms. The summed E-state index contributed by atoms with van der Waals surface area (Å²) < 4.78 is 7.82. The Hall–Kier alpha value is -3.84. The molecule has 0 fully saturated rings. The number of ether oxygens (including phenoxy) is 1. The molecule has 156 valence electrons. The SMILES string of the molecule is COc1ccc(NC(=O)C[n+]2c(O)[n+](-c3ccc(Cl)cc3)c(O)c3ccccc32)cc1. The quantitative estimate of drug-likeness (QED) is 0.419. The number of aromatic hydroxyl groups is 2. The Morgan fingerprint density at radius 3 is 2.35 bits per heavy atom. The maximum absolute atomic E-state index is 12.7. The van der Waals surface area contributed by atoms with Crippen LogP contribution in [0.15, 0.2) is 72.8 Å². The summed E-state index contributed by atoms with van der Waals surface area (Å²) in [5, 5.41) is 25.7. The highest BCUT2D eigenvalue weighted by Gasteiger charge is 2.36. The van der Waals surface area contributed by atoms with Gasteiger partial charge in [0.25, 0.3) is 5.91 Å². The van der Waals surface area contributed by atoms with Gasteiger partial charge in [-0.15, -0.1) is 0 Å². The van der Waals surface area contributed by atoms with Crippen LogP contribution in [0.1, 0.15) is 0 Å². The fourth-order valence-electron chi connectivity index (χ4n) is 3.34. The molecule has 0 aliphatic heterocycles. The summed E-state index contributed by atoms with van der Waals surface area (Å²) in [7, 11) is 1.57.